The maximum absolute atomic E-state index is 13.7. The second kappa shape index (κ2) is 6.28. The summed E-state index contributed by atoms with van der Waals surface area (Å²) in [4.78, 5) is 13.1. The smallest absolute Gasteiger partial charge is 0.150 e. The number of hydrogen-bond donors (Lipinski definition) is 1. The van der Waals surface area contributed by atoms with Crippen LogP contribution < -0.4 is 11.1 Å². The molecule has 0 unspecified atom stereocenters. The minimum absolute atomic E-state index is 0. The van der Waals surface area contributed by atoms with E-state index < -0.39 is 0 Å². The van der Waals surface area contributed by atoms with Gasteiger partial charge in [-0.2, -0.15) is 0 Å². The van der Waals surface area contributed by atoms with Crippen LogP contribution in [-0.4, -0.2) is 19.4 Å². The van der Waals surface area contributed by atoms with E-state index in [1.54, 1.807) is 6.07 Å². The van der Waals surface area contributed by atoms with Gasteiger partial charge in [0.1, 0.15) is 5.82 Å². The summed E-state index contributed by atoms with van der Waals surface area (Å²) in [5.41, 5.74) is 4.73. The summed E-state index contributed by atoms with van der Waals surface area (Å²) in [5.74, 6) is 0.238. The lowest BCUT2D eigenvalue weighted by atomic mass is 9.87. The highest BCUT2D eigenvalue weighted by Crippen LogP contribution is 2.34. The van der Waals surface area contributed by atoms with Gasteiger partial charge in [-0.25, -0.2) is 4.39 Å². The van der Waals surface area contributed by atoms with Gasteiger partial charge in [-0.3, -0.25) is 4.79 Å². The van der Waals surface area contributed by atoms with Crippen LogP contribution in [0.4, 0.5) is 10.1 Å². The van der Waals surface area contributed by atoms with Crippen molar-refractivity contribution in [3.8, 4) is 0 Å². The van der Waals surface area contributed by atoms with Crippen molar-refractivity contribution < 1.29 is 9.18 Å². The van der Waals surface area contributed by atoms with Crippen LogP contribution in [0, 0.1) is 19.7 Å². The van der Waals surface area contributed by atoms with Crippen molar-refractivity contribution in [2.75, 3.05) is 18.0 Å². The number of nitrogens with zero attached hydrogens (tertiary/aromatic N) is 1. The second-order valence-corrected chi connectivity index (χ2v) is 5.74. The van der Waals surface area contributed by atoms with E-state index in [2.05, 4.69) is 17.0 Å². The van der Waals surface area contributed by atoms with Crippen LogP contribution in [0.25, 0.3) is 0 Å². The lowest BCUT2D eigenvalue weighted by Gasteiger charge is -2.41. The summed E-state index contributed by atoms with van der Waals surface area (Å²) < 4.78 is 13.7. The van der Waals surface area contributed by atoms with E-state index in [4.69, 9.17) is 0 Å². The van der Waals surface area contributed by atoms with Crippen molar-refractivity contribution >= 4 is 12.0 Å². The van der Waals surface area contributed by atoms with Crippen LogP contribution in [0.2, 0.25) is 0 Å². The van der Waals surface area contributed by atoms with E-state index in [9.17, 15) is 9.18 Å². The van der Waals surface area contributed by atoms with E-state index in [1.807, 2.05) is 26.0 Å². The molecule has 0 bridgehead atoms. The monoisotopic (exact) mass is 300 g/mol. The zero-order valence-electron chi connectivity index (χ0n) is 13.0. The number of carbonyl (C=O) groups is 1. The lowest BCUT2D eigenvalue weighted by Crippen LogP contribution is -2.45. The van der Waals surface area contributed by atoms with Crippen molar-refractivity contribution in [1.82, 2.24) is 6.15 Å². The molecule has 0 aliphatic carbocycles. The normalized spacial score (nSPS) is 14.2. The van der Waals surface area contributed by atoms with Crippen molar-refractivity contribution in [3.05, 3.63) is 64.5 Å². The van der Waals surface area contributed by atoms with Crippen LogP contribution in [0.5, 0.6) is 0 Å². The van der Waals surface area contributed by atoms with Crippen LogP contribution in [0.3, 0.4) is 0 Å². The Labute approximate surface area is 130 Å². The average Bonchev–Trinajstić information content (AvgIpc) is 2.39. The molecule has 0 saturated carbocycles. The molecule has 3 nitrogen and oxygen atoms in total. The van der Waals surface area contributed by atoms with Crippen LogP contribution in [0.1, 0.15) is 33.0 Å². The molecule has 0 atom stereocenters. The highest BCUT2D eigenvalue weighted by molar-refractivity contribution is 5.79. The first kappa shape index (κ1) is 16.2. The molecule has 1 aliphatic heterocycles. The third-order valence-corrected chi connectivity index (χ3v) is 4.28. The van der Waals surface area contributed by atoms with Gasteiger partial charge in [-0.1, -0.05) is 24.3 Å². The number of carbonyl (C=O) groups excluding carboxylic acids is 1. The molecular formula is C18H21FN2O. The first-order valence-electron chi connectivity index (χ1n) is 7.16. The van der Waals surface area contributed by atoms with Gasteiger partial charge in [0.25, 0.3) is 0 Å². The summed E-state index contributed by atoms with van der Waals surface area (Å²) in [5, 5.41) is 0. The second-order valence-electron chi connectivity index (χ2n) is 5.74. The van der Waals surface area contributed by atoms with Gasteiger partial charge in [-0.15, -0.1) is 0 Å². The number of hydrogen-bond acceptors (Lipinski definition) is 3. The van der Waals surface area contributed by atoms with Crippen molar-refractivity contribution in [1.29, 1.82) is 0 Å². The number of aldehydes is 1. The Morgan fingerprint density at radius 2 is 1.73 bits per heavy atom. The average molecular weight is 300 g/mol. The Hall–Kier alpha value is -2.20. The lowest BCUT2D eigenvalue weighted by molar-refractivity contribution is 0.112. The molecule has 3 rings (SSSR count). The van der Waals surface area contributed by atoms with Gasteiger partial charge in [0.15, 0.2) is 6.29 Å². The summed E-state index contributed by atoms with van der Waals surface area (Å²) in [6.07, 6.45) is 0.918. The molecule has 1 saturated heterocycles. The van der Waals surface area contributed by atoms with Crippen LogP contribution in [0.15, 0.2) is 36.4 Å². The van der Waals surface area contributed by atoms with Crippen LogP contribution in [-0.2, 0) is 0 Å². The Morgan fingerprint density at radius 1 is 1.14 bits per heavy atom. The minimum Gasteiger partial charge on any atom is -0.368 e. The van der Waals surface area contributed by atoms with E-state index in [1.165, 1.54) is 11.6 Å². The van der Waals surface area contributed by atoms with Gasteiger partial charge in [0.05, 0.1) is 5.69 Å². The summed E-state index contributed by atoms with van der Waals surface area (Å²) in [6, 6.07) is 11.0. The molecule has 22 heavy (non-hydrogen) atoms. The Morgan fingerprint density at radius 3 is 2.27 bits per heavy atom. The molecule has 0 radical (unpaired) electrons. The standard InChI is InChI=1S/C18H18FNO.H3N/c1-12-7-14(8-13(2)16(12)11-21)15-9-20(10-15)18-6-4-3-5-17(18)19;/h3-8,11,15H,9-10H2,1-2H3;1H3. The Kier molecular flexibility index (Phi) is 4.62. The third-order valence-electron chi connectivity index (χ3n) is 4.28. The SMILES string of the molecule is Cc1cc(C2CN(c3ccccc3F)C2)cc(C)c1C=O.N. The molecular weight excluding hydrogens is 279 g/mol. The highest BCUT2D eigenvalue weighted by Gasteiger charge is 2.30. The molecule has 4 heteroatoms. The molecule has 116 valence electrons. The molecule has 0 spiro atoms. The fourth-order valence-corrected chi connectivity index (χ4v) is 3.02. The van der Waals surface area contributed by atoms with Crippen molar-refractivity contribution in [2.45, 2.75) is 19.8 Å². The van der Waals surface area contributed by atoms with E-state index in [0.717, 1.165) is 36.1 Å². The summed E-state index contributed by atoms with van der Waals surface area (Å²) in [7, 11) is 0. The zero-order chi connectivity index (χ0) is 15.0. The molecule has 1 heterocycles. The number of aryl methyl sites for hydroxylation is 2. The predicted octanol–water partition coefficient (Wildman–Crippen LogP) is 4.02. The first-order valence-corrected chi connectivity index (χ1v) is 7.16. The van der Waals surface area contributed by atoms with Gasteiger partial charge < -0.3 is 11.1 Å². The van der Waals surface area contributed by atoms with Gasteiger partial charge in [0.2, 0.25) is 0 Å². The van der Waals surface area contributed by atoms with Gasteiger partial charge >= 0.3 is 0 Å². The molecule has 0 amide bonds. The molecule has 1 aliphatic rings. The fourth-order valence-electron chi connectivity index (χ4n) is 3.02. The number of anilines is 1. The van der Waals surface area contributed by atoms with Crippen molar-refractivity contribution in [2.24, 2.45) is 0 Å². The Bertz CT molecular complexity index is 670. The van der Waals surface area contributed by atoms with Crippen molar-refractivity contribution in [3.63, 3.8) is 0 Å². The molecule has 3 N–H and O–H groups in total. The predicted molar refractivity (Wildman–Crippen MR) is 87.7 cm³/mol. The van der Waals surface area contributed by atoms with E-state index in [-0.39, 0.29) is 12.0 Å². The van der Waals surface area contributed by atoms with Gasteiger partial charge in [-0.05, 0) is 42.7 Å². The summed E-state index contributed by atoms with van der Waals surface area (Å²) in [6.45, 7) is 5.57. The Balaban J connectivity index is 0.00000176. The zero-order valence-corrected chi connectivity index (χ0v) is 13.0. The summed E-state index contributed by atoms with van der Waals surface area (Å²) >= 11 is 0. The third kappa shape index (κ3) is 2.74. The number of rotatable bonds is 3. The van der Waals surface area contributed by atoms with Crippen LogP contribution >= 0.6 is 0 Å². The number of halogens is 1. The maximum atomic E-state index is 13.7. The van der Waals surface area contributed by atoms with E-state index >= 15 is 0 Å². The molecule has 1 fully saturated rings. The van der Waals surface area contributed by atoms with Gasteiger partial charge in [0, 0.05) is 24.6 Å². The molecule has 0 aromatic heterocycles. The maximum Gasteiger partial charge on any atom is 0.150 e. The quantitative estimate of drug-likeness (QED) is 0.871. The largest absolute Gasteiger partial charge is 0.368 e. The highest BCUT2D eigenvalue weighted by atomic mass is 19.1. The minimum atomic E-state index is -0.167. The topological polar surface area (TPSA) is 55.3 Å². The first-order chi connectivity index (χ1) is 10.1. The fraction of sp³-hybridized carbons (Fsp3) is 0.278. The van der Waals surface area contributed by atoms with E-state index in [0.29, 0.717) is 11.6 Å². The molecule has 2 aromatic carbocycles. The number of para-hydroxylation sites is 1. The molecule has 2 aromatic rings. The number of benzene rings is 2.